The molecule has 7 nitrogen and oxygen atoms in total. The highest BCUT2D eigenvalue weighted by atomic mass is 16.6. The molecule has 7 heteroatoms. The molecule has 0 spiro atoms. The molecule has 0 radical (unpaired) electrons. The van der Waals surface area contributed by atoms with E-state index in [1.54, 1.807) is 24.3 Å². The zero-order chi connectivity index (χ0) is 21.5. The second-order valence-corrected chi connectivity index (χ2v) is 7.20. The molecule has 0 saturated heterocycles. The summed E-state index contributed by atoms with van der Waals surface area (Å²) >= 11 is 0. The highest BCUT2D eigenvalue weighted by Gasteiger charge is 2.22. The van der Waals surface area contributed by atoms with Crippen LogP contribution in [0.2, 0.25) is 0 Å². The molecule has 30 heavy (non-hydrogen) atoms. The van der Waals surface area contributed by atoms with Crippen molar-refractivity contribution in [3.05, 3.63) is 53.6 Å². The minimum absolute atomic E-state index is 0.117. The maximum Gasteiger partial charge on any atom is 0.342 e. The molecule has 2 aromatic rings. The van der Waals surface area contributed by atoms with E-state index in [0.29, 0.717) is 42.6 Å². The number of para-hydroxylation sites is 1. The number of hydrogen-bond donors (Lipinski definition) is 1. The SMILES string of the molecule is CCOc1ccccc1C(=O)OCC(=O)N[C@H](c1ccc2c(c1)OCCO2)C(C)C. The Morgan fingerprint density at radius 1 is 1.07 bits per heavy atom. The zero-order valence-corrected chi connectivity index (χ0v) is 17.5. The van der Waals surface area contributed by atoms with Crippen molar-refractivity contribution in [1.82, 2.24) is 5.32 Å². The molecule has 3 rings (SSSR count). The number of nitrogens with one attached hydrogen (secondary N) is 1. The summed E-state index contributed by atoms with van der Waals surface area (Å²) in [5.74, 6) is 0.923. The van der Waals surface area contributed by atoms with Crippen molar-refractivity contribution < 1.29 is 28.5 Å². The predicted molar refractivity (Wildman–Crippen MR) is 111 cm³/mol. The minimum atomic E-state index is -0.602. The maximum atomic E-state index is 12.5. The van der Waals surface area contributed by atoms with Crippen LogP contribution >= 0.6 is 0 Å². The number of carbonyl (C=O) groups is 2. The van der Waals surface area contributed by atoms with Crippen molar-refractivity contribution in [3.63, 3.8) is 0 Å². The standard InChI is InChI=1S/C23H27NO6/c1-4-27-18-8-6-5-7-17(18)23(26)30-14-21(25)24-22(15(2)3)16-9-10-19-20(13-16)29-12-11-28-19/h5-10,13,15,22H,4,11-12,14H2,1-3H3,(H,24,25)/t22-/m0/s1. The van der Waals surface area contributed by atoms with Crippen LogP contribution in [0.3, 0.4) is 0 Å². The van der Waals surface area contributed by atoms with Gasteiger partial charge in [0.25, 0.3) is 5.91 Å². The lowest BCUT2D eigenvalue weighted by molar-refractivity contribution is -0.125. The molecule has 1 N–H and O–H groups in total. The van der Waals surface area contributed by atoms with E-state index in [4.69, 9.17) is 18.9 Å². The van der Waals surface area contributed by atoms with Gasteiger partial charge < -0.3 is 24.3 Å². The van der Waals surface area contributed by atoms with E-state index in [9.17, 15) is 9.59 Å². The van der Waals surface area contributed by atoms with Gasteiger partial charge in [-0.05, 0) is 42.7 Å². The van der Waals surface area contributed by atoms with E-state index < -0.39 is 5.97 Å². The number of benzene rings is 2. The van der Waals surface area contributed by atoms with Gasteiger partial charge in [0.2, 0.25) is 0 Å². The Hall–Kier alpha value is -3.22. The summed E-state index contributed by atoms with van der Waals surface area (Å²) in [5, 5.41) is 2.94. The van der Waals surface area contributed by atoms with Crippen LogP contribution in [0.25, 0.3) is 0 Å². The summed E-state index contributed by atoms with van der Waals surface area (Å²) in [5.41, 5.74) is 1.19. The van der Waals surface area contributed by atoms with Gasteiger partial charge in [-0.1, -0.05) is 32.0 Å². The van der Waals surface area contributed by atoms with Gasteiger partial charge in [-0.25, -0.2) is 4.79 Å². The number of rotatable bonds is 8. The van der Waals surface area contributed by atoms with Crippen molar-refractivity contribution in [2.24, 2.45) is 5.92 Å². The second kappa shape index (κ2) is 10.0. The Labute approximate surface area is 176 Å². The smallest absolute Gasteiger partial charge is 0.342 e. The first-order valence-corrected chi connectivity index (χ1v) is 10.1. The molecule has 1 aliphatic heterocycles. The average molecular weight is 413 g/mol. The summed E-state index contributed by atoms with van der Waals surface area (Å²) in [6.45, 7) is 6.91. The molecule has 0 fully saturated rings. The minimum Gasteiger partial charge on any atom is -0.493 e. The van der Waals surface area contributed by atoms with E-state index in [-0.39, 0.29) is 24.5 Å². The van der Waals surface area contributed by atoms with E-state index in [0.717, 1.165) is 5.56 Å². The lowest BCUT2D eigenvalue weighted by Gasteiger charge is -2.25. The first kappa shape index (κ1) is 21.5. The third-order valence-corrected chi connectivity index (χ3v) is 4.65. The van der Waals surface area contributed by atoms with Gasteiger partial charge >= 0.3 is 5.97 Å². The fourth-order valence-electron chi connectivity index (χ4n) is 3.23. The highest BCUT2D eigenvalue weighted by Crippen LogP contribution is 2.34. The summed E-state index contributed by atoms with van der Waals surface area (Å²) in [7, 11) is 0. The molecule has 0 aliphatic carbocycles. The largest absolute Gasteiger partial charge is 0.493 e. The molecule has 1 atom stereocenters. The quantitative estimate of drug-likeness (QED) is 0.667. The lowest BCUT2D eigenvalue weighted by atomic mass is 9.95. The van der Waals surface area contributed by atoms with Crippen LogP contribution in [0.5, 0.6) is 17.2 Å². The number of carbonyl (C=O) groups excluding carboxylic acids is 2. The Bertz CT molecular complexity index is 895. The molecular formula is C23H27NO6. The van der Waals surface area contributed by atoms with E-state index in [1.165, 1.54) is 0 Å². The molecule has 0 bridgehead atoms. The summed E-state index contributed by atoms with van der Waals surface area (Å²) < 4.78 is 21.8. The Kier molecular flexibility index (Phi) is 7.17. The van der Waals surface area contributed by atoms with E-state index in [2.05, 4.69) is 5.32 Å². The molecule has 1 aliphatic rings. The third kappa shape index (κ3) is 5.23. The van der Waals surface area contributed by atoms with Gasteiger partial charge in [-0.3, -0.25) is 4.79 Å². The Balaban J connectivity index is 1.63. The van der Waals surface area contributed by atoms with Crippen LogP contribution in [0, 0.1) is 5.92 Å². The normalized spacial score (nSPS) is 13.5. The number of esters is 1. The van der Waals surface area contributed by atoms with Crippen LogP contribution in [-0.2, 0) is 9.53 Å². The molecule has 160 valence electrons. The van der Waals surface area contributed by atoms with Crippen molar-refractivity contribution in [2.75, 3.05) is 26.4 Å². The van der Waals surface area contributed by atoms with Crippen LogP contribution < -0.4 is 19.5 Å². The van der Waals surface area contributed by atoms with Crippen molar-refractivity contribution in [1.29, 1.82) is 0 Å². The summed E-state index contributed by atoms with van der Waals surface area (Å²) in [6, 6.07) is 12.2. The van der Waals surface area contributed by atoms with Gasteiger partial charge in [0.05, 0.1) is 12.6 Å². The number of hydrogen-bond acceptors (Lipinski definition) is 6. The van der Waals surface area contributed by atoms with Gasteiger partial charge in [0, 0.05) is 0 Å². The highest BCUT2D eigenvalue weighted by molar-refractivity contribution is 5.94. The molecule has 0 saturated carbocycles. The lowest BCUT2D eigenvalue weighted by Crippen LogP contribution is -2.35. The number of ether oxygens (including phenoxy) is 4. The fourth-order valence-corrected chi connectivity index (χ4v) is 3.23. The third-order valence-electron chi connectivity index (χ3n) is 4.65. The van der Waals surface area contributed by atoms with Crippen molar-refractivity contribution >= 4 is 11.9 Å². The van der Waals surface area contributed by atoms with Crippen molar-refractivity contribution in [2.45, 2.75) is 26.8 Å². The van der Waals surface area contributed by atoms with Crippen LogP contribution in [0.1, 0.15) is 42.7 Å². The average Bonchev–Trinajstić information content (AvgIpc) is 2.76. The molecule has 1 amide bonds. The molecule has 0 unspecified atom stereocenters. The Morgan fingerprint density at radius 2 is 1.80 bits per heavy atom. The molecule has 2 aromatic carbocycles. The van der Waals surface area contributed by atoms with Crippen LogP contribution in [0.15, 0.2) is 42.5 Å². The van der Waals surface area contributed by atoms with E-state index >= 15 is 0 Å². The molecule has 0 aromatic heterocycles. The van der Waals surface area contributed by atoms with Gasteiger partial charge in [0.15, 0.2) is 18.1 Å². The topological polar surface area (TPSA) is 83.1 Å². The maximum absolute atomic E-state index is 12.5. The number of amides is 1. The van der Waals surface area contributed by atoms with E-state index in [1.807, 2.05) is 39.0 Å². The molecule has 1 heterocycles. The van der Waals surface area contributed by atoms with Gasteiger partial charge in [-0.15, -0.1) is 0 Å². The zero-order valence-electron chi connectivity index (χ0n) is 17.5. The first-order chi connectivity index (χ1) is 14.5. The summed E-state index contributed by atoms with van der Waals surface area (Å²) in [4.78, 5) is 24.9. The summed E-state index contributed by atoms with van der Waals surface area (Å²) in [6.07, 6.45) is 0. The van der Waals surface area contributed by atoms with Gasteiger partial charge in [0.1, 0.15) is 24.5 Å². The fraction of sp³-hybridized carbons (Fsp3) is 0.391. The molecular weight excluding hydrogens is 386 g/mol. The van der Waals surface area contributed by atoms with Gasteiger partial charge in [-0.2, -0.15) is 0 Å². The second-order valence-electron chi connectivity index (χ2n) is 7.20. The van der Waals surface area contributed by atoms with Crippen LogP contribution in [0.4, 0.5) is 0 Å². The first-order valence-electron chi connectivity index (χ1n) is 10.1. The Morgan fingerprint density at radius 3 is 2.53 bits per heavy atom. The predicted octanol–water partition coefficient (Wildman–Crippen LogP) is 3.53. The number of fused-ring (bicyclic) bond motifs is 1. The van der Waals surface area contributed by atoms with Crippen LogP contribution in [-0.4, -0.2) is 38.3 Å². The van der Waals surface area contributed by atoms with Crippen molar-refractivity contribution in [3.8, 4) is 17.2 Å². The monoisotopic (exact) mass is 413 g/mol.